The molecule has 0 saturated heterocycles. The summed E-state index contributed by atoms with van der Waals surface area (Å²) in [6.45, 7) is 7.00. The molecule has 0 aromatic carbocycles. The van der Waals surface area contributed by atoms with Gasteiger partial charge in [-0.3, -0.25) is 4.79 Å². The molecule has 0 aliphatic rings. The van der Waals surface area contributed by atoms with Crippen molar-refractivity contribution in [3.05, 3.63) is 24.3 Å². The van der Waals surface area contributed by atoms with Crippen molar-refractivity contribution in [1.82, 2.24) is 5.32 Å². The van der Waals surface area contributed by atoms with Gasteiger partial charge >= 0.3 is 0 Å². The summed E-state index contributed by atoms with van der Waals surface area (Å²) >= 11 is 0. The monoisotopic (exact) mass is 223 g/mol. The van der Waals surface area contributed by atoms with Crippen molar-refractivity contribution < 1.29 is 4.79 Å². The molecule has 0 aromatic heterocycles. The first-order chi connectivity index (χ1) is 7.66. The number of allylic oxidation sites excluding steroid dienone is 4. The second-order valence-corrected chi connectivity index (χ2v) is 4.40. The lowest BCUT2D eigenvalue weighted by atomic mass is 10.1. The van der Waals surface area contributed by atoms with Crippen LogP contribution in [0.1, 0.15) is 46.5 Å². The van der Waals surface area contributed by atoms with Crippen LogP contribution in [0.2, 0.25) is 0 Å². The summed E-state index contributed by atoms with van der Waals surface area (Å²) in [5.41, 5.74) is 0. The topological polar surface area (TPSA) is 29.1 Å². The predicted octanol–water partition coefficient (Wildman–Crippen LogP) is 3.45. The normalized spacial score (nSPS) is 11.8. The highest BCUT2D eigenvalue weighted by molar-refractivity contribution is 5.75. The molecule has 0 unspecified atom stereocenters. The van der Waals surface area contributed by atoms with E-state index in [2.05, 4.69) is 31.3 Å². The molecule has 0 saturated carbocycles. The summed E-state index contributed by atoms with van der Waals surface area (Å²) < 4.78 is 0. The fourth-order valence-corrected chi connectivity index (χ4v) is 1.24. The summed E-state index contributed by atoms with van der Waals surface area (Å²) in [7, 11) is 0. The number of carbonyl (C=O) groups excluding carboxylic acids is 1. The Labute approximate surface area is 99.8 Å². The molecular formula is C14H25NO. The fraction of sp³-hybridized carbons (Fsp3) is 0.643. The van der Waals surface area contributed by atoms with Crippen LogP contribution in [0.15, 0.2) is 24.3 Å². The average Bonchev–Trinajstić information content (AvgIpc) is 2.25. The lowest BCUT2D eigenvalue weighted by molar-refractivity contribution is -0.121. The van der Waals surface area contributed by atoms with Gasteiger partial charge in [0.15, 0.2) is 0 Å². The van der Waals surface area contributed by atoms with Crippen molar-refractivity contribution in [2.45, 2.75) is 46.5 Å². The van der Waals surface area contributed by atoms with Crippen molar-refractivity contribution >= 4 is 5.91 Å². The van der Waals surface area contributed by atoms with Gasteiger partial charge in [-0.25, -0.2) is 0 Å². The highest BCUT2D eigenvalue weighted by Gasteiger charge is 2.00. The molecule has 1 amide bonds. The van der Waals surface area contributed by atoms with E-state index in [1.807, 2.05) is 19.1 Å². The first-order valence-corrected chi connectivity index (χ1v) is 6.21. The van der Waals surface area contributed by atoms with Crippen molar-refractivity contribution in [3.8, 4) is 0 Å². The van der Waals surface area contributed by atoms with E-state index >= 15 is 0 Å². The summed E-state index contributed by atoms with van der Waals surface area (Å²) in [5, 5.41) is 2.93. The Hall–Kier alpha value is -1.05. The molecule has 2 heteroatoms. The lowest BCUT2D eigenvalue weighted by Gasteiger charge is -2.06. The number of amides is 1. The van der Waals surface area contributed by atoms with Gasteiger partial charge in [-0.15, -0.1) is 0 Å². The van der Waals surface area contributed by atoms with Crippen molar-refractivity contribution in [2.75, 3.05) is 6.54 Å². The summed E-state index contributed by atoms with van der Waals surface area (Å²) in [6, 6.07) is 0. The molecule has 1 N–H and O–H groups in total. The van der Waals surface area contributed by atoms with E-state index in [-0.39, 0.29) is 5.91 Å². The van der Waals surface area contributed by atoms with Crippen LogP contribution in [-0.2, 0) is 4.79 Å². The van der Waals surface area contributed by atoms with Crippen LogP contribution in [0.4, 0.5) is 0 Å². The average molecular weight is 223 g/mol. The molecule has 0 rings (SSSR count). The van der Waals surface area contributed by atoms with E-state index < -0.39 is 0 Å². The van der Waals surface area contributed by atoms with Crippen LogP contribution >= 0.6 is 0 Å². The molecule has 0 fully saturated rings. The van der Waals surface area contributed by atoms with Crippen LogP contribution in [0.3, 0.4) is 0 Å². The number of unbranched alkanes of at least 4 members (excludes halogenated alkanes) is 2. The Morgan fingerprint density at radius 1 is 1.25 bits per heavy atom. The molecule has 0 aliphatic carbocycles. The Morgan fingerprint density at radius 2 is 2.00 bits per heavy atom. The van der Waals surface area contributed by atoms with Gasteiger partial charge < -0.3 is 5.32 Å². The summed E-state index contributed by atoms with van der Waals surface area (Å²) in [6.07, 6.45) is 12.0. The van der Waals surface area contributed by atoms with Crippen LogP contribution < -0.4 is 5.32 Å². The number of rotatable bonds is 8. The minimum absolute atomic E-state index is 0.186. The smallest absolute Gasteiger partial charge is 0.220 e. The van der Waals surface area contributed by atoms with Gasteiger partial charge in [0.25, 0.3) is 0 Å². The van der Waals surface area contributed by atoms with Crippen LogP contribution in [0, 0.1) is 5.92 Å². The third-order valence-corrected chi connectivity index (χ3v) is 2.17. The molecule has 0 atom stereocenters. The van der Waals surface area contributed by atoms with Crippen LogP contribution in [-0.4, -0.2) is 12.5 Å². The Kier molecular flexibility index (Phi) is 9.78. The molecule has 0 aliphatic heterocycles. The van der Waals surface area contributed by atoms with Crippen molar-refractivity contribution in [2.24, 2.45) is 5.92 Å². The third-order valence-electron chi connectivity index (χ3n) is 2.17. The van der Waals surface area contributed by atoms with Crippen LogP contribution in [0.5, 0.6) is 0 Å². The largest absolute Gasteiger partial charge is 0.356 e. The maximum absolute atomic E-state index is 11.3. The second-order valence-electron chi connectivity index (χ2n) is 4.40. The summed E-state index contributed by atoms with van der Waals surface area (Å²) in [4.78, 5) is 11.3. The van der Waals surface area contributed by atoms with Gasteiger partial charge in [-0.05, 0) is 32.1 Å². The number of hydrogen-bond donors (Lipinski definition) is 1. The zero-order valence-electron chi connectivity index (χ0n) is 10.8. The minimum atomic E-state index is 0.186. The van der Waals surface area contributed by atoms with Gasteiger partial charge in [-0.1, -0.05) is 38.2 Å². The molecule has 0 radical (unpaired) electrons. The van der Waals surface area contributed by atoms with E-state index in [0.717, 1.165) is 25.8 Å². The van der Waals surface area contributed by atoms with E-state index in [9.17, 15) is 4.79 Å². The molecule has 0 spiro atoms. The Balaban J connectivity index is 3.34. The van der Waals surface area contributed by atoms with E-state index in [0.29, 0.717) is 12.3 Å². The van der Waals surface area contributed by atoms with Gasteiger partial charge in [0.2, 0.25) is 5.91 Å². The zero-order valence-corrected chi connectivity index (χ0v) is 10.8. The van der Waals surface area contributed by atoms with Gasteiger partial charge in [0.05, 0.1) is 0 Å². The molecule has 16 heavy (non-hydrogen) atoms. The third kappa shape index (κ3) is 11.0. The number of carbonyl (C=O) groups is 1. The number of nitrogens with one attached hydrogen (secondary N) is 1. The Bertz CT molecular complexity index is 229. The molecule has 0 bridgehead atoms. The quantitative estimate of drug-likeness (QED) is 0.495. The maximum Gasteiger partial charge on any atom is 0.220 e. The van der Waals surface area contributed by atoms with E-state index in [4.69, 9.17) is 0 Å². The van der Waals surface area contributed by atoms with Crippen molar-refractivity contribution in [3.63, 3.8) is 0 Å². The van der Waals surface area contributed by atoms with Gasteiger partial charge in [-0.2, -0.15) is 0 Å². The highest BCUT2D eigenvalue weighted by atomic mass is 16.1. The molecular weight excluding hydrogens is 198 g/mol. The van der Waals surface area contributed by atoms with Crippen LogP contribution in [0.25, 0.3) is 0 Å². The zero-order chi connectivity index (χ0) is 12.2. The highest BCUT2D eigenvalue weighted by Crippen LogP contribution is 2.01. The fourth-order valence-electron chi connectivity index (χ4n) is 1.24. The molecule has 0 heterocycles. The lowest BCUT2D eigenvalue weighted by Crippen LogP contribution is -2.26. The SMILES string of the molecule is C/C=C/C=C/CCCCC(=O)NCC(C)C. The molecule has 92 valence electrons. The molecule has 2 nitrogen and oxygen atoms in total. The predicted molar refractivity (Wildman–Crippen MR) is 70.3 cm³/mol. The van der Waals surface area contributed by atoms with Gasteiger partial charge in [0.1, 0.15) is 0 Å². The molecule has 0 aromatic rings. The standard InChI is InChI=1S/C14H25NO/c1-4-5-6-7-8-9-10-11-14(16)15-12-13(2)3/h4-7,13H,8-12H2,1-3H3,(H,15,16)/b5-4+,7-6+. The minimum Gasteiger partial charge on any atom is -0.356 e. The van der Waals surface area contributed by atoms with Crippen molar-refractivity contribution in [1.29, 1.82) is 0 Å². The Morgan fingerprint density at radius 3 is 2.62 bits per heavy atom. The number of hydrogen-bond acceptors (Lipinski definition) is 1. The maximum atomic E-state index is 11.3. The van der Waals surface area contributed by atoms with E-state index in [1.54, 1.807) is 0 Å². The van der Waals surface area contributed by atoms with E-state index in [1.165, 1.54) is 0 Å². The van der Waals surface area contributed by atoms with Gasteiger partial charge in [0, 0.05) is 13.0 Å². The second kappa shape index (κ2) is 10.5. The first-order valence-electron chi connectivity index (χ1n) is 6.21. The summed E-state index contributed by atoms with van der Waals surface area (Å²) in [5.74, 6) is 0.721. The first kappa shape index (κ1) is 14.9.